The summed E-state index contributed by atoms with van der Waals surface area (Å²) in [6.45, 7) is 7.69. The average Bonchev–Trinajstić information content (AvgIpc) is 2.53. The van der Waals surface area contributed by atoms with Crippen molar-refractivity contribution in [3.8, 4) is 0 Å². The normalized spacial score (nSPS) is 13.5. The highest BCUT2D eigenvalue weighted by Gasteiger charge is 2.05. The second-order valence-electron chi connectivity index (χ2n) is 3.85. The molecule has 1 N–H and O–H groups in total. The van der Waals surface area contributed by atoms with Gasteiger partial charge in [-0.15, -0.1) is 11.3 Å². The fourth-order valence-electron chi connectivity index (χ4n) is 1.20. The van der Waals surface area contributed by atoms with Crippen LogP contribution in [0.4, 0.5) is 0 Å². The maximum atomic E-state index is 4.27. The largest absolute Gasteiger partial charge is 0.314 e. The van der Waals surface area contributed by atoms with E-state index in [0.717, 1.165) is 13.0 Å². The van der Waals surface area contributed by atoms with Gasteiger partial charge in [0.15, 0.2) is 0 Å². The van der Waals surface area contributed by atoms with Crippen LogP contribution in [-0.4, -0.2) is 17.6 Å². The van der Waals surface area contributed by atoms with Crippen LogP contribution in [0.2, 0.25) is 0 Å². The van der Waals surface area contributed by atoms with Gasteiger partial charge in [-0.1, -0.05) is 20.8 Å². The molecule has 1 heterocycles. The average molecular weight is 198 g/mol. The first-order valence-electron chi connectivity index (χ1n) is 4.79. The number of thiazole rings is 1. The maximum Gasteiger partial charge on any atom is 0.0794 e. The molecule has 0 aromatic carbocycles. The molecule has 1 atom stereocenters. The first-order chi connectivity index (χ1) is 6.18. The van der Waals surface area contributed by atoms with E-state index >= 15 is 0 Å². The molecule has 0 bridgehead atoms. The molecule has 13 heavy (non-hydrogen) atoms. The van der Waals surface area contributed by atoms with Crippen LogP contribution >= 0.6 is 11.3 Å². The van der Waals surface area contributed by atoms with E-state index in [1.807, 2.05) is 5.51 Å². The monoisotopic (exact) mass is 198 g/mol. The third-order valence-corrected chi connectivity index (χ3v) is 2.55. The van der Waals surface area contributed by atoms with Crippen molar-refractivity contribution in [2.75, 3.05) is 6.54 Å². The van der Waals surface area contributed by atoms with Gasteiger partial charge in [-0.05, 0) is 18.9 Å². The Labute approximate surface area is 84.4 Å². The van der Waals surface area contributed by atoms with Crippen LogP contribution in [0.5, 0.6) is 0 Å². The first kappa shape index (κ1) is 10.7. The van der Waals surface area contributed by atoms with Gasteiger partial charge in [0.1, 0.15) is 0 Å². The lowest BCUT2D eigenvalue weighted by Crippen LogP contribution is -2.28. The SMILES string of the molecule is CC(CNC(C)C)Cc1cscn1. The Bertz CT molecular complexity index is 219. The van der Waals surface area contributed by atoms with Crippen LogP contribution < -0.4 is 5.32 Å². The van der Waals surface area contributed by atoms with Gasteiger partial charge in [0.25, 0.3) is 0 Å². The van der Waals surface area contributed by atoms with Crippen molar-refractivity contribution < 1.29 is 0 Å². The predicted molar refractivity (Wildman–Crippen MR) is 58.1 cm³/mol. The van der Waals surface area contributed by atoms with Gasteiger partial charge in [-0.3, -0.25) is 0 Å². The molecule has 1 unspecified atom stereocenters. The standard InChI is InChI=1S/C10H18N2S/c1-8(2)11-5-9(3)4-10-6-13-7-12-10/h6-9,11H,4-5H2,1-3H3. The molecule has 0 saturated heterocycles. The smallest absolute Gasteiger partial charge is 0.0794 e. The Morgan fingerprint density at radius 2 is 2.23 bits per heavy atom. The summed E-state index contributed by atoms with van der Waals surface area (Å²) in [6.07, 6.45) is 1.09. The third-order valence-electron chi connectivity index (χ3n) is 1.92. The highest BCUT2D eigenvalue weighted by atomic mass is 32.1. The molecule has 1 rings (SSSR count). The minimum absolute atomic E-state index is 0.581. The van der Waals surface area contributed by atoms with Crippen molar-refractivity contribution in [1.82, 2.24) is 10.3 Å². The zero-order chi connectivity index (χ0) is 9.68. The lowest BCUT2D eigenvalue weighted by molar-refractivity contribution is 0.473. The molecular formula is C10H18N2S. The van der Waals surface area contributed by atoms with Gasteiger partial charge in [0.2, 0.25) is 0 Å². The van der Waals surface area contributed by atoms with Crippen LogP contribution in [0, 0.1) is 5.92 Å². The minimum Gasteiger partial charge on any atom is -0.314 e. The van der Waals surface area contributed by atoms with Crippen molar-refractivity contribution in [2.45, 2.75) is 33.2 Å². The molecule has 0 saturated carbocycles. The van der Waals surface area contributed by atoms with Crippen molar-refractivity contribution in [3.05, 3.63) is 16.6 Å². The minimum atomic E-state index is 0.581. The lowest BCUT2D eigenvalue weighted by atomic mass is 10.1. The molecule has 74 valence electrons. The number of aromatic nitrogens is 1. The van der Waals surface area contributed by atoms with Crippen molar-refractivity contribution >= 4 is 11.3 Å². The van der Waals surface area contributed by atoms with Gasteiger partial charge >= 0.3 is 0 Å². The summed E-state index contributed by atoms with van der Waals surface area (Å²) >= 11 is 1.67. The molecule has 0 aliphatic heterocycles. The van der Waals surface area contributed by atoms with Gasteiger partial charge in [0.05, 0.1) is 11.2 Å². The van der Waals surface area contributed by atoms with Gasteiger partial charge in [0, 0.05) is 11.4 Å². The fourth-order valence-corrected chi connectivity index (χ4v) is 1.78. The van der Waals surface area contributed by atoms with E-state index in [-0.39, 0.29) is 0 Å². The van der Waals surface area contributed by atoms with Gasteiger partial charge in [-0.25, -0.2) is 4.98 Å². The molecule has 0 spiro atoms. The Kier molecular flexibility index (Phi) is 4.39. The fraction of sp³-hybridized carbons (Fsp3) is 0.700. The molecule has 0 amide bonds. The van der Waals surface area contributed by atoms with Gasteiger partial charge < -0.3 is 5.32 Å². The molecule has 0 aliphatic carbocycles. The summed E-state index contributed by atoms with van der Waals surface area (Å²) in [5, 5.41) is 5.56. The number of hydrogen-bond donors (Lipinski definition) is 1. The third kappa shape index (κ3) is 4.39. The molecule has 3 heteroatoms. The Morgan fingerprint density at radius 3 is 2.77 bits per heavy atom. The van der Waals surface area contributed by atoms with Crippen LogP contribution in [0.25, 0.3) is 0 Å². The first-order valence-corrected chi connectivity index (χ1v) is 5.73. The number of rotatable bonds is 5. The summed E-state index contributed by atoms with van der Waals surface area (Å²) in [4.78, 5) is 4.27. The highest BCUT2D eigenvalue weighted by Crippen LogP contribution is 2.07. The maximum absolute atomic E-state index is 4.27. The Hall–Kier alpha value is -0.410. The summed E-state index contributed by atoms with van der Waals surface area (Å²) in [7, 11) is 0. The van der Waals surface area contributed by atoms with Crippen molar-refractivity contribution in [3.63, 3.8) is 0 Å². The second kappa shape index (κ2) is 5.35. The summed E-state index contributed by atoms with van der Waals surface area (Å²) in [5.74, 6) is 0.671. The van der Waals surface area contributed by atoms with Gasteiger partial charge in [-0.2, -0.15) is 0 Å². The molecular weight excluding hydrogens is 180 g/mol. The highest BCUT2D eigenvalue weighted by molar-refractivity contribution is 7.07. The van der Waals surface area contributed by atoms with Crippen LogP contribution in [0.1, 0.15) is 26.5 Å². The van der Waals surface area contributed by atoms with E-state index in [1.54, 1.807) is 11.3 Å². The molecule has 0 aliphatic rings. The van der Waals surface area contributed by atoms with Crippen LogP contribution in [0.3, 0.4) is 0 Å². The topological polar surface area (TPSA) is 24.9 Å². The molecule has 0 fully saturated rings. The van der Waals surface area contributed by atoms with Crippen LogP contribution in [-0.2, 0) is 6.42 Å². The summed E-state index contributed by atoms with van der Waals surface area (Å²) in [6, 6.07) is 0.581. The zero-order valence-corrected chi connectivity index (χ0v) is 9.40. The number of nitrogens with one attached hydrogen (secondary N) is 1. The van der Waals surface area contributed by atoms with E-state index in [4.69, 9.17) is 0 Å². The quantitative estimate of drug-likeness (QED) is 0.785. The number of hydrogen-bond acceptors (Lipinski definition) is 3. The molecule has 1 aromatic rings. The Morgan fingerprint density at radius 1 is 1.46 bits per heavy atom. The van der Waals surface area contributed by atoms with E-state index in [0.29, 0.717) is 12.0 Å². The van der Waals surface area contributed by atoms with E-state index in [9.17, 15) is 0 Å². The second-order valence-corrected chi connectivity index (χ2v) is 4.57. The Balaban J connectivity index is 2.22. The number of nitrogens with zero attached hydrogens (tertiary/aromatic N) is 1. The summed E-state index contributed by atoms with van der Waals surface area (Å²) in [5.41, 5.74) is 3.13. The van der Waals surface area contributed by atoms with E-state index in [2.05, 4.69) is 36.5 Å². The molecule has 1 aromatic heterocycles. The zero-order valence-electron chi connectivity index (χ0n) is 8.58. The lowest BCUT2D eigenvalue weighted by Gasteiger charge is -2.13. The van der Waals surface area contributed by atoms with E-state index in [1.165, 1.54) is 5.69 Å². The van der Waals surface area contributed by atoms with Crippen molar-refractivity contribution in [1.29, 1.82) is 0 Å². The van der Waals surface area contributed by atoms with Crippen molar-refractivity contribution in [2.24, 2.45) is 5.92 Å². The van der Waals surface area contributed by atoms with Crippen LogP contribution in [0.15, 0.2) is 10.9 Å². The predicted octanol–water partition coefficient (Wildman–Crippen LogP) is 2.32. The molecule has 0 radical (unpaired) electrons. The summed E-state index contributed by atoms with van der Waals surface area (Å²) < 4.78 is 0. The van der Waals surface area contributed by atoms with E-state index < -0.39 is 0 Å². The molecule has 2 nitrogen and oxygen atoms in total.